The SMILES string of the molecule is C/C=C\C1=C(c2cnccc2C)C=C(NC2CCOC2)PC1. The van der Waals surface area contributed by atoms with Gasteiger partial charge in [-0.05, 0) is 55.3 Å². The first kappa shape index (κ1) is 15.5. The Morgan fingerprint density at radius 2 is 2.36 bits per heavy atom. The van der Waals surface area contributed by atoms with Crippen molar-refractivity contribution in [2.24, 2.45) is 0 Å². The lowest BCUT2D eigenvalue weighted by Crippen LogP contribution is -2.27. The second-order valence-corrected chi connectivity index (χ2v) is 6.99. The summed E-state index contributed by atoms with van der Waals surface area (Å²) in [4.78, 5) is 4.32. The average molecular weight is 314 g/mol. The summed E-state index contributed by atoms with van der Waals surface area (Å²) in [5.74, 6) is 0. The predicted octanol–water partition coefficient (Wildman–Crippen LogP) is 3.63. The number of nitrogens with one attached hydrogen (secondary N) is 1. The molecular weight excluding hydrogens is 291 g/mol. The van der Waals surface area contributed by atoms with Gasteiger partial charge in [0.25, 0.3) is 0 Å². The van der Waals surface area contributed by atoms with Gasteiger partial charge in [0, 0.05) is 30.0 Å². The summed E-state index contributed by atoms with van der Waals surface area (Å²) in [7, 11) is 0.802. The highest BCUT2D eigenvalue weighted by Gasteiger charge is 2.19. The highest BCUT2D eigenvalue weighted by Crippen LogP contribution is 2.38. The van der Waals surface area contributed by atoms with E-state index >= 15 is 0 Å². The monoisotopic (exact) mass is 314 g/mol. The zero-order chi connectivity index (χ0) is 15.4. The van der Waals surface area contributed by atoms with Gasteiger partial charge in [-0.3, -0.25) is 4.98 Å². The number of aromatic nitrogens is 1. The Kier molecular flexibility index (Phi) is 5.07. The summed E-state index contributed by atoms with van der Waals surface area (Å²) in [6.07, 6.45) is 12.7. The molecule has 1 aromatic heterocycles. The molecule has 2 aliphatic rings. The first-order chi connectivity index (χ1) is 10.8. The molecule has 0 bridgehead atoms. The van der Waals surface area contributed by atoms with E-state index in [9.17, 15) is 0 Å². The van der Waals surface area contributed by atoms with Crippen molar-refractivity contribution in [1.82, 2.24) is 10.3 Å². The first-order valence-electron chi connectivity index (χ1n) is 7.84. The molecule has 116 valence electrons. The number of rotatable bonds is 4. The third-order valence-electron chi connectivity index (χ3n) is 4.09. The van der Waals surface area contributed by atoms with Crippen molar-refractivity contribution in [2.75, 3.05) is 19.4 Å². The van der Waals surface area contributed by atoms with Gasteiger partial charge < -0.3 is 10.1 Å². The standard InChI is InChI=1S/C18H23N2OP/c1-3-4-14-12-22-18(20-15-6-8-21-11-15)9-16(14)17-10-19-7-5-13(17)2/h3-5,7,9-10,15,20,22H,6,8,11-12H2,1-2H3/b4-3-. The van der Waals surface area contributed by atoms with Crippen LogP contribution >= 0.6 is 8.58 Å². The van der Waals surface area contributed by atoms with Gasteiger partial charge in [0.1, 0.15) is 0 Å². The fourth-order valence-corrected chi connectivity index (χ4v) is 4.12. The molecule has 0 aromatic carbocycles. The zero-order valence-corrected chi connectivity index (χ0v) is 14.2. The van der Waals surface area contributed by atoms with Gasteiger partial charge in [0.15, 0.2) is 0 Å². The third-order valence-corrected chi connectivity index (χ3v) is 5.32. The lowest BCUT2D eigenvalue weighted by atomic mass is 9.97. The van der Waals surface area contributed by atoms with Gasteiger partial charge in [0.05, 0.1) is 12.6 Å². The van der Waals surface area contributed by atoms with Crippen LogP contribution in [0.2, 0.25) is 0 Å². The van der Waals surface area contributed by atoms with Crippen LogP contribution in [-0.2, 0) is 4.74 Å². The van der Waals surface area contributed by atoms with Crippen LogP contribution in [0.25, 0.3) is 5.57 Å². The van der Waals surface area contributed by atoms with Crippen LogP contribution in [0.4, 0.5) is 0 Å². The molecule has 2 atom stereocenters. The lowest BCUT2D eigenvalue weighted by Gasteiger charge is -2.23. The van der Waals surface area contributed by atoms with Crippen LogP contribution < -0.4 is 5.32 Å². The minimum absolute atomic E-state index is 0.471. The van der Waals surface area contributed by atoms with Crippen molar-refractivity contribution in [2.45, 2.75) is 26.3 Å². The average Bonchev–Trinajstić information content (AvgIpc) is 3.03. The molecule has 0 amide bonds. The van der Waals surface area contributed by atoms with Crippen LogP contribution in [0.1, 0.15) is 24.5 Å². The summed E-state index contributed by atoms with van der Waals surface area (Å²) in [5.41, 5.74) is 6.58. The molecule has 3 rings (SSSR count). The van der Waals surface area contributed by atoms with E-state index in [0.717, 1.165) is 34.4 Å². The molecule has 2 aliphatic heterocycles. The molecule has 0 spiro atoms. The molecule has 1 fully saturated rings. The van der Waals surface area contributed by atoms with Crippen molar-refractivity contribution >= 4 is 14.2 Å². The minimum atomic E-state index is 0.471. The van der Waals surface area contributed by atoms with E-state index in [1.54, 1.807) is 0 Å². The number of nitrogens with zero attached hydrogens (tertiary/aromatic N) is 1. The van der Waals surface area contributed by atoms with E-state index in [1.807, 2.05) is 12.4 Å². The Bertz CT molecular complexity index is 628. The second kappa shape index (κ2) is 7.21. The highest BCUT2D eigenvalue weighted by molar-refractivity contribution is 7.43. The predicted molar refractivity (Wildman–Crippen MR) is 94.3 cm³/mol. The van der Waals surface area contributed by atoms with Crippen molar-refractivity contribution < 1.29 is 4.74 Å². The van der Waals surface area contributed by atoms with Crippen molar-refractivity contribution in [1.29, 1.82) is 0 Å². The van der Waals surface area contributed by atoms with Gasteiger partial charge >= 0.3 is 0 Å². The quantitative estimate of drug-likeness (QED) is 0.862. The van der Waals surface area contributed by atoms with Crippen LogP contribution in [0, 0.1) is 6.92 Å². The molecule has 3 nitrogen and oxygen atoms in total. The van der Waals surface area contributed by atoms with E-state index in [4.69, 9.17) is 4.74 Å². The van der Waals surface area contributed by atoms with Gasteiger partial charge in [-0.15, -0.1) is 0 Å². The Morgan fingerprint density at radius 3 is 3.09 bits per heavy atom. The number of hydrogen-bond donors (Lipinski definition) is 1. The Labute approximate surface area is 134 Å². The van der Waals surface area contributed by atoms with Crippen LogP contribution in [0.3, 0.4) is 0 Å². The molecule has 1 N–H and O–H groups in total. The maximum atomic E-state index is 5.47. The van der Waals surface area contributed by atoms with Crippen molar-refractivity contribution in [3.05, 3.63) is 58.8 Å². The van der Waals surface area contributed by atoms with Gasteiger partial charge in [-0.1, -0.05) is 20.7 Å². The van der Waals surface area contributed by atoms with Crippen LogP contribution in [-0.4, -0.2) is 30.4 Å². The largest absolute Gasteiger partial charge is 0.380 e. The summed E-state index contributed by atoms with van der Waals surface area (Å²) >= 11 is 0. The number of allylic oxidation sites excluding steroid dienone is 5. The number of hydrogen-bond acceptors (Lipinski definition) is 3. The molecule has 0 saturated carbocycles. The second-order valence-electron chi connectivity index (χ2n) is 5.75. The molecule has 22 heavy (non-hydrogen) atoms. The first-order valence-corrected chi connectivity index (χ1v) is 9.05. The van der Waals surface area contributed by atoms with Crippen molar-refractivity contribution in [3.8, 4) is 0 Å². The Hall–Kier alpha value is -1.44. The summed E-state index contributed by atoms with van der Waals surface area (Å²) in [5, 5.41) is 3.67. The lowest BCUT2D eigenvalue weighted by molar-refractivity contribution is 0.191. The number of pyridine rings is 1. The highest BCUT2D eigenvalue weighted by atomic mass is 31.1. The zero-order valence-electron chi connectivity index (χ0n) is 13.2. The van der Waals surface area contributed by atoms with Crippen molar-refractivity contribution in [3.63, 3.8) is 0 Å². The molecule has 1 saturated heterocycles. The Morgan fingerprint density at radius 1 is 1.45 bits per heavy atom. The summed E-state index contributed by atoms with van der Waals surface area (Å²) < 4.78 is 5.47. The van der Waals surface area contributed by atoms with Gasteiger partial charge in [0.2, 0.25) is 0 Å². The topological polar surface area (TPSA) is 34.2 Å². The third kappa shape index (κ3) is 3.48. The fourth-order valence-electron chi connectivity index (χ4n) is 2.88. The number of aryl methyl sites for hydroxylation is 1. The molecule has 4 heteroatoms. The molecule has 3 heterocycles. The van der Waals surface area contributed by atoms with E-state index in [2.05, 4.69) is 48.4 Å². The van der Waals surface area contributed by atoms with Gasteiger partial charge in [-0.2, -0.15) is 0 Å². The van der Waals surface area contributed by atoms with Crippen LogP contribution in [0.15, 0.2) is 47.7 Å². The van der Waals surface area contributed by atoms with E-state index < -0.39 is 0 Å². The van der Waals surface area contributed by atoms with Gasteiger partial charge in [-0.25, -0.2) is 0 Å². The molecule has 1 aromatic rings. The molecule has 0 aliphatic carbocycles. The molecule has 2 unspecified atom stereocenters. The maximum Gasteiger partial charge on any atom is 0.0668 e. The summed E-state index contributed by atoms with van der Waals surface area (Å²) in [6, 6.07) is 2.55. The molecule has 0 radical (unpaired) electrons. The number of ether oxygens (including phenoxy) is 1. The fraction of sp³-hybridized carbons (Fsp3) is 0.389. The maximum absolute atomic E-state index is 5.47. The van der Waals surface area contributed by atoms with E-state index in [-0.39, 0.29) is 0 Å². The van der Waals surface area contributed by atoms with E-state index in [0.29, 0.717) is 6.04 Å². The smallest absolute Gasteiger partial charge is 0.0668 e. The summed E-state index contributed by atoms with van der Waals surface area (Å²) in [6.45, 7) is 5.94. The van der Waals surface area contributed by atoms with E-state index in [1.165, 1.54) is 27.7 Å². The molecular formula is C18H23N2OP. The Balaban J connectivity index is 1.93. The minimum Gasteiger partial charge on any atom is -0.380 e. The normalized spacial score (nSPS) is 23.4. The van der Waals surface area contributed by atoms with Crippen LogP contribution in [0.5, 0.6) is 0 Å².